The van der Waals surface area contributed by atoms with Crippen LogP contribution < -0.4 is 5.73 Å². The molecule has 0 saturated carbocycles. The molecule has 0 radical (unpaired) electrons. The molecule has 3 aromatic rings. The summed E-state index contributed by atoms with van der Waals surface area (Å²) in [7, 11) is 0. The number of nitro benzene ring substituents is 1. The van der Waals surface area contributed by atoms with Gasteiger partial charge in [-0.05, 0) is 34.9 Å². The molecule has 0 heterocycles. The average Bonchev–Trinajstić information content (AvgIpc) is 2.72. The SMILES string of the molecule is CC(c1ccc(-c2ccccc2C#N)cc1)c1c(C(=O)O)ccc(N)c1[N+](=O)[O-]. The van der Waals surface area contributed by atoms with Crippen LogP contribution >= 0.6 is 0 Å². The number of nitriles is 1. The number of carboxylic acids is 1. The lowest BCUT2D eigenvalue weighted by molar-refractivity contribution is -0.384. The average molecular weight is 387 g/mol. The summed E-state index contributed by atoms with van der Waals surface area (Å²) in [4.78, 5) is 22.6. The van der Waals surface area contributed by atoms with Gasteiger partial charge in [-0.15, -0.1) is 0 Å². The molecular weight excluding hydrogens is 370 g/mol. The van der Waals surface area contributed by atoms with Gasteiger partial charge in [-0.1, -0.05) is 49.4 Å². The second-order valence-corrected chi connectivity index (χ2v) is 6.53. The van der Waals surface area contributed by atoms with E-state index in [0.717, 1.165) is 11.1 Å². The van der Waals surface area contributed by atoms with Gasteiger partial charge in [0.05, 0.1) is 27.7 Å². The number of carbonyl (C=O) groups is 1. The molecule has 0 spiro atoms. The van der Waals surface area contributed by atoms with Crippen LogP contribution in [0.25, 0.3) is 11.1 Å². The predicted molar refractivity (Wildman–Crippen MR) is 109 cm³/mol. The van der Waals surface area contributed by atoms with Crippen molar-refractivity contribution in [2.45, 2.75) is 12.8 Å². The van der Waals surface area contributed by atoms with Gasteiger partial charge in [0.15, 0.2) is 0 Å². The second kappa shape index (κ2) is 7.82. The number of hydrogen-bond acceptors (Lipinski definition) is 5. The van der Waals surface area contributed by atoms with E-state index in [1.165, 1.54) is 12.1 Å². The van der Waals surface area contributed by atoms with E-state index in [4.69, 9.17) is 5.73 Å². The van der Waals surface area contributed by atoms with Crippen molar-refractivity contribution in [1.29, 1.82) is 5.26 Å². The Kier molecular flexibility index (Phi) is 5.28. The summed E-state index contributed by atoms with van der Waals surface area (Å²) in [5.41, 5.74) is 8.03. The Balaban J connectivity index is 2.09. The Labute approximate surface area is 166 Å². The zero-order valence-electron chi connectivity index (χ0n) is 15.5. The van der Waals surface area contributed by atoms with E-state index in [1.54, 1.807) is 43.3 Å². The fourth-order valence-corrected chi connectivity index (χ4v) is 3.40. The van der Waals surface area contributed by atoms with E-state index in [0.29, 0.717) is 11.1 Å². The molecule has 3 rings (SSSR count). The number of nitrogen functional groups attached to an aromatic ring is 1. The molecule has 29 heavy (non-hydrogen) atoms. The maximum atomic E-state index is 11.7. The number of aromatic carboxylic acids is 1. The van der Waals surface area contributed by atoms with Crippen LogP contribution in [0.2, 0.25) is 0 Å². The number of hydrogen-bond donors (Lipinski definition) is 2. The highest BCUT2D eigenvalue weighted by molar-refractivity contribution is 5.93. The third kappa shape index (κ3) is 3.64. The molecule has 0 saturated heterocycles. The van der Waals surface area contributed by atoms with Gasteiger partial charge in [0.25, 0.3) is 5.69 Å². The fraction of sp³-hybridized carbons (Fsp3) is 0.0909. The van der Waals surface area contributed by atoms with Gasteiger partial charge in [0.1, 0.15) is 5.69 Å². The molecule has 0 aliphatic heterocycles. The molecule has 0 fully saturated rings. The Bertz CT molecular complexity index is 1150. The molecular formula is C22H17N3O4. The van der Waals surface area contributed by atoms with Crippen molar-refractivity contribution in [2.24, 2.45) is 0 Å². The summed E-state index contributed by atoms with van der Waals surface area (Å²) < 4.78 is 0. The summed E-state index contributed by atoms with van der Waals surface area (Å²) in [5.74, 6) is -1.83. The van der Waals surface area contributed by atoms with E-state index < -0.39 is 22.5 Å². The van der Waals surface area contributed by atoms with Crippen LogP contribution in [-0.4, -0.2) is 16.0 Å². The molecule has 144 valence electrons. The molecule has 0 bridgehead atoms. The minimum Gasteiger partial charge on any atom is -0.478 e. The summed E-state index contributed by atoms with van der Waals surface area (Å²) in [5, 5.41) is 30.4. The van der Waals surface area contributed by atoms with Crippen LogP contribution in [0.15, 0.2) is 60.7 Å². The predicted octanol–water partition coefficient (Wildman–Crippen LogP) is 4.57. The van der Waals surface area contributed by atoms with Crippen molar-refractivity contribution in [3.8, 4) is 17.2 Å². The van der Waals surface area contributed by atoms with Crippen LogP contribution in [0.5, 0.6) is 0 Å². The zero-order chi connectivity index (χ0) is 21.1. The van der Waals surface area contributed by atoms with Gasteiger partial charge in [-0.25, -0.2) is 4.79 Å². The van der Waals surface area contributed by atoms with Crippen molar-refractivity contribution in [2.75, 3.05) is 5.73 Å². The van der Waals surface area contributed by atoms with Crippen molar-refractivity contribution in [1.82, 2.24) is 0 Å². The lowest BCUT2D eigenvalue weighted by Crippen LogP contribution is -2.11. The summed E-state index contributed by atoms with van der Waals surface area (Å²) in [6.45, 7) is 1.70. The van der Waals surface area contributed by atoms with Crippen LogP contribution in [0.4, 0.5) is 11.4 Å². The Hall–Kier alpha value is -4.18. The van der Waals surface area contributed by atoms with Crippen molar-refractivity contribution >= 4 is 17.3 Å². The van der Waals surface area contributed by atoms with E-state index in [1.807, 2.05) is 12.1 Å². The van der Waals surface area contributed by atoms with Crippen molar-refractivity contribution < 1.29 is 14.8 Å². The topological polar surface area (TPSA) is 130 Å². The van der Waals surface area contributed by atoms with Gasteiger partial charge in [-0.3, -0.25) is 10.1 Å². The summed E-state index contributed by atoms with van der Waals surface area (Å²) in [6.07, 6.45) is 0. The third-order valence-corrected chi connectivity index (χ3v) is 4.86. The molecule has 3 aromatic carbocycles. The third-order valence-electron chi connectivity index (χ3n) is 4.86. The second-order valence-electron chi connectivity index (χ2n) is 6.53. The number of nitrogens with zero attached hydrogens (tertiary/aromatic N) is 2. The van der Waals surface area contributed by atoms with Gasteiger partial charge in [0.2, 0.25) is 0 Å². The molecule has 3 N–H and O–H groups in total. The first kappa shape index (κ1) is 19.6. The van der Waals surface area contributed by atoms with Crippen LogP contribution in [0, 0.1) is 21.4 Å². The standard InChI is InChI=1S/C22H17N3O4/c1-13(20-18(22(26)27)10-11-19(24)21(20)25(28)29)14-6-8-15(9-7-14)17-5-3-2-4-16(17)12-23/h2-11,13H,24H2,1H3,(H,26,27). The quantitative estimate of drug-likeness (QED) is 0.375. The Morgan fingerprint density at radius 1 is 1.14 bits per heavy atom. The molecule has 0 amide bonds. The lowest BCUT2D eigenvalue weighted by atomic mass is 9.86. The van der Waals surface area contributed by atoms with Crippen LogP contribution in [-0.2, 0) is 0 Å². The normalized spacial score (nSPS) is 11.4. The molecule has 0 aliphatic carbocycles. The number of nitro groups is 1. The maximum Gasteiger partial charge on any atom is 0.336 e. The highest BCUT2D eigenvalue weighted by atomic mass is 16.6. The van der Waals surface area contributed by atoms with Gasteiger partial charge < -0.3 is 10.8 Å². The molecule has 7 nitrogen and oxygen atoms in total. The van der Waals surface area contributed by atoms with Gasteiger partial charge in [-0.2, -0.15) is 5.26 Å². The number of rotatable bonds is 5. The van der Waals surface area contributed by atoms with Crippen molar-refractivity contribution in [3.05, 3.63) is 93.0 Å². The summed E-state index contributed by atoms with van der Waals surface area (Å²) in [6, 6.07) is 19.0. The first-order valence-corrected chi connectivity index (χ1v) is 8.74. The van der Waals surface area contributed by atoms with Crippen LogP contribution in [0.3, 0.4) is 0 Å². The smallest absolute Gasteiger partial charge is 0.336 e. The lowest BCUT2D eigenvalue weighted by Gasteiger charge is -2.17. The highest BCUT2D eigenvalue weighted by Crippen LogP contribution is 2.38. The van der Waals surface area contributed by atoms with E-state index in [9.17, 15) is 25.3 Å². The molecule has 0 aliphatic rings. The summed E-state index contributed by atoms with van der Waals surface area (Å²) >= 11 is 0. The molecule has 1 unspecified atom stereocenters. The maximum absolute atomic E-state index is 11.7. The van der Waals surface area contributed by atoms with E-state index in [-0.39, 0.29) is 16.8 Å². The molecule has 1 atom stereocenters. The van der Waals surface area contributed by atoms with Crippen LogP contribution in [0.1, 0.15) is 39.9 Å². The van der Waals surface area contributed by atoms with Gasteiger partial charge >= 0.3 is 5.97 Å². The zero-order valence-corrected chi connectivity index (χ0v) is 15.5. The van der Waals surface area contributed by atoms with E-state index >= 15 is 0 Å². The minimum absolute atomic E-state index is 0.0627. The fourth-order valence-electron chi connectivity index (χ4n) is 3.40. The highest BCUT2D eigenvalue weighted by Gasteiger charge is 2.29. The number of carboxylic acid groups (broad SMARTS) is 1. The number of benzene rings is 3. The molecule has 7 heteroatoms. The van der Waals surface area contributed by atoms with E-state index in [2.05, 4.69) is 6.07 Å². The Morgan fingerprint density at radius 2 is 1.79 bits per heavy atom. The first-order valence-electron chi connectivity index (χ1n) is 8.74. The largest absolute Gasteiger partial charge is 0.478 e. The monoisotopic (exact) mass is 387 g/mol. The van der Waals surface area contributed by atoms with Crippen molar-refractivity contribution in [3.63, 3.8) is 0 Å². The first-order chi connectivity index (χ1) is 13.8. The van der Waals surface area contributed by atoms with Gasteiger partial charge in [0, 0.05) is 5.92 Å². The molecule has 0 aromatic heterocycles. The minimum atomic E-state index is -1.26. The Morgan fingerprint density at radius 3 is 2.38 bits per heavy atom. The number of nitrogens with two attached hydrogens (primary N) is 1. The number of anilines is 1.